The van der Waals surface area contributed by atoms with Crippen LogP contribution in [0.25, 0.3) is 17.0 Å². The molecule has 0 bridgehead atoms. The van der Waals surface area contributed by atoms with Gasteiger partial charge in [-0.1, -0.05) is 12.1 Å². The molecule has 3 aromatic rings. The number of oxazole rings is 1. The van der Waals surface area contributed by atoms with Gasteiger partial charge in [-0.25, -0.2) is 14.6 Å². The molecule has 0 spiro atoms. The number of carbonyl (C=O) groups excluding carboxylic acids is 2. The number of nitrogens with one attached hydrogen (secondary N) is 1. The molecule has 8 heteroatoms. The van der Waals surface area contributed by atoms with Gasteiger partial charge in [0.2, 0.25) is 0 Å². The maximum Gasteiger partial charge on any atom is 0.337 e. The zero-order chi connectivity index (χ0) is 22.9. The zero-order valence-electron chi connectivity index (χ0n) is 18.1. The van der Waals surface area contributed by atoms with Gasteiger partial charge in [0, 0.05) is 11.6 Å². The topological polar surface area (TPSA) is 99.9 Å². The molecule has 166 valence electrons. The number of ether oxygens (including phenoxy) is 3. The zero-order valence-corrected chi connectivity index (χ0v) is 18.1. The highest BCUT2D eigenvalue weighted by atomic mass is 16.5. The molecule has 0 fully saturated rings. The summed E-state index contributed by atoms with van der Waals surface area (Å²) in [6.07, 6.45) is 4.30. The molecule has 0 aliphatic carbocycles. The van der Waals surface area contributed by atoms with Crippen LogP contribution in [0.4, 0.5) is 5.69 Å². The van der Waals surface area contributed by atoms with E-state index >= 15 is 0 Å². The lowest BCUT2D eigenvalue weighted by molar-refractivity contribution is -0.137. The summed E-state index contributed by atoms with van der Waals surface area (Å²) in [5, 5.41) is 3.23. The van der Waals surface area contributed by atoms with Crippen molar-refractivity contribution in [3.63, 3.8) is 0 Å². The molecule has 0 saturated heterocycles. The van der Waals surface area contributed by atoms with E-state index in [1.165, 1.54) is 19.6 Å². The average molecular weight is 436 g/mol. The molecule has 1 heterocycles. The van der Waals surface area contributed by atoms with Gasteiger partial charge in [-0.15, -0.1) is 0 Å². The number of nitrogens with zero attached hydrogens (tertiary/aromatic N) is 1. The normalized spacial score (nSPS) is 11.0. The fraction of sp³-hybridized carbons (Fsp3) is 0.208. The average Bonchev–Trinajstić information content (AvgIpc) is 3.34. The van der Waals surface area contributed by atoms with E-state index < -0.39 is 11.9 Å². The molecule has 2 aromatic carbocycles. The number of benzene rings is 2. The van der Waals surface area contributed by atoms with Gasteiger partial charge in [0.05, 0.1) is 43.5 Å². The molecule has 1 N–H and O–H groups in total. The Balaban J connectivity index is 2.01. The van der Waals surface area contributed by atoms with Crippen molar-refractivity contribution in [3.05, 3.63) is 72.3 Å². The third kappa shape index (κ3) is 5.54. The molecular formula is C24H24N2O6. The lowest BCUT2D eigenvalue weighted by Crippen LogP contribution is -2.08. The van der Waals surface area contributed by atoms with Gasteiger partial charge in [0.25, 0.3) is 0 Å². The van der Waals surface area contributed by atoms with Crippen LogP contribution < -0.4 is 10.1 Å². The van der Waals surface area contributed by atoms with E-state index in [9.17, 15) is 9.59 Å². The molecule has 0 amide bonds. The Labute approximate surface area is 185 Å². The minimum atomic E-state index is -0.519. The fourth-order valence-corrected chi connectivity index (χ4v) is 2.98. The van der Waals surface area contributed by atoms with Gasteiger partial charge < -0.3 is 23.9 Å². The summed E-state index contributed by atoms with van der Waals surface area (Å²) in [7, 11) is 1.31. The Kier molecular flexibility index (Phi) is 7.64. The summed E-state index contributed by atoms with van der Waals surface area (Å²) in [6, 6.07) is 12.2. The summed E-state index contributed by atoms with van der Waals surface area (Å²) >= 11 is 0. The molecule has 0 unspecified atom stereocenters. The van der Waals surface area contributed by atoms with Gasteiger partial charge in [0.15, 0.2) is 12.2 Å². The highest BCUT2D eigenvalue weighted by molar-refractivity contribution is 5.97. The molecule has 1 aromatic heterocycles. The predicted octanol–water partition coefficient (Wildman–Crippen LogP) is 4.54. The highest BCUT2D eigenvalue weighted by Crippen LogP contribution is 2.33. The van der Waals surface area contributed by atoms with Crippen LogP contribution in [0.3, 0.4) is 0 Å². The molecule has 3 rings (SSSR count). The number of carbonyl (C=O) groups is 2. The number of anilines is 1. The number of aromatic nitrogens is 1. The number of rotatable bonds is 9. The van der Waals surface area contributed by atoms with Gasteiger partial charge in [-0.05, 0) is 49.7 Å². The molecular weight excluding hydrogens is 412 g/mol. The first-order valence-electron chi connectivity index (χ1n) is 10.1. The molecule has 0 aliphatic rings. The second-order valence-electron chi connectivity index (χ2n) is 6.52. The molecule has 0 radical (unpaired) electrons. The van der Waals surface area contributed by atoms with E-state index in [0.29, 0.717) is 40.6 Å². The van der Waals surface area contributed by atoms with E-state index in [1.807, 2.05) is 25.1 Å². The van der Waals surface area contributed by atoms with Gasteiger partial charge in [-0.3, -0.25) is 0 Å². The van der Waals surface area contributed by atoms with Crippen LogP contribution in [0.5, 0.6) is 5.75 Å². The summed E-state index contributed by atoms with van der Waals surface area (Å²) in [5.41, 5.74) is 2.80. The first-order chi connectivity index (χ1) is 15.5. The van der Waals surface area contributed by atoms with E-state index in [4.69, 9.17) is 18.6 Å². The highest BCUT2D eigenvalue weighted by Gasteiger charge is 2.14. The van der Waals surface area contributed by atoms with Crippen molar-refractivity contribution < 1.29 is 28.2 Å². The lowest BCUT2D eigenvalue weighted by atomic mass is 10.1. The van der Waals surface area contributed by atoms with E-state index in [1.54, 1.807) is 37.4 Å². The minimum Gasteiger partial charge on any atom is -0.492 e. The minimum absolute atomic E-state index is 0.237. The van der Waals surface area contributed by atoms with E-state index in [-0.39, 0.29) is 6.61 Å². The summed E-state index contributed by atoms with van der Waals surface area (Å²) < 4.78 is 21.1. The molecule has 0 saturated carbocycles. The molecule has 32 heavy (non-hydrogen) atoms. The van der Waals surface area contributed by atoms with Crippen molar-refractivity contribution in [1.29, 1.82) is 0 Å². The second-order valence-corrected chi connectivity index (χ2v) is 6.52. The van der Waals surface area contributed by atoms with E-state index in [2.05, 4.69) is 10.3 Å². The third-order valence-corrected chi connectivity index (χ3v) is 4.41. The maximum absolute atomic E-state index is 12.2. The Hall–Kier alpha value is -4.07. The summed E-state index contributed by atoms with van der Waals surface area (Å²) in [6.45, 7) is 4.27. The van der Waals surface area contributed by atoms with Crippen LogP contribution in [0.2, 0.25) is 0 Å². The van der Waals surface area contributed by atoms with Crippen LogP contribution in [0.15, 0.2) is 65.5 Å². The number of methoxy groups -OCH3 is 1. The van der Waals surface area contributed by atoms with Crippen molar-refractivity contribution in [2.75, 3.05) is 25.6 Å². The third-order valence-electron chi connectivity index (χ3n) is 4.41. The van der Waals surface area contributed by atoms with Crippen LogP contribution in [-0.4, -0.2) is 37.2 Å². The molecule has 0 aliphatic heterocycles. The summed E-state index contributed by atoms with van der Waals surface area (Å²) in [5.74, 6) is 0.161. The largest absolute Gasteiger partial charge is 0.492 e. The standard InChI is InChI=1S/C24H24N2O6/c1-4-30-21-12-17(22-14-25-15-32-22)9-10-19(21)26-20(13-23(27)31-5-2)16-7-6-8-18(11-16)24(28)29-3/h6-15,26H,4-5H2,1-3H3. The fourth-order valence-electron chi connectivity index (χ4n) is 2.98. The van der Waals surface area contributed by atoms with Crippen molar-refractivity contribution >= 4 is 23.3 Å². The monoisotopic (exact) mass is 436 g/mol. The Morgan fingerprint density at radius 3 is 2.59 bits per heavy atom. The number of hydrogen-bond donors (Lipinski definition) is 1. The maximum atomic E-state index is 12.2. The van der Waals surface area contributed by atoms with Crippen molar-refractivity contribution in [3.8, 4) is 17.1 Å². The SMILES string of the molecule is CCOC(=O)C=C(Nc1ccc(-c2cnco2)cc1OCC)c1cccc(C(=O)OC)c1. The Bertz CT molecular complexity index is 1110. The number of hydrogen-bond acceptors (Lipinski definition) is 8. The van der Waals surface area contributed by atoms with Crippen molar-refractivity contribution in [1.82, 2.24) is 4.98 Å². The number of esters is 2. The smallest absolute Gasteiger partial charge is 0.337 e. The van der Waals surface area contributed by atoms with Crippen LogP contribution in [0.1, 0.15) is 29.8 Å². The van der Waals surface area contributed by atoms with Gasteiger partial charge in [0.1, 0.15) is 5.75 Å². The lowest BCUT2D eigenvalue weighted by Gasteiger charge is -2.16. The van der Waals surface area contributed by atoms with Crippen molar-refractivity contribution in [2.24, 2.45) is 0 Å². The van der Waals surface area contributed by atoms with Crippen LogP contribution >= 0.6 is 0 Å². The predicted molar refractivity (Wildman–Crippen MR) is 119 cm³/mol. The second kappa shape index (κ2) is 10.8. The first-order valence-corrected chi connectivity index (χ1v) is 10.1. The molecule has 8 nitrogen and oxygen atoms in total. The Morgan fingerprint density at radius 1 is 1.09 bits per heavy atom. The molecule has 0 atom stereocenters. The quantitative estimate of drug-likeness (QED) is 0.385. The van der Waals surface area contributed by atoms with Crippen LogP contribution in [-0.2, 0) is 14.3 Å². The van der Waals surface area contributed by atoms with E-state index in [0.717, 1.165) is 5.56 Å². The van der Waals surface area contributed by atoms with Gasteiger partial charge in [-0.2, -0.15) is 0 Å². The van der Waals surface area contributed by atoms with Crippen LogP contribution in [0, 0.1) is 0 Å². The van der Waals surface area contributed by atoms with Crippen molar-refractivity contribution in [2.45, 2.75) is 13.8 Å². The van der Waals surface area contributed by atoms with Gasteiger partial charge >= 0.3 is 11.9 Å². The first kappa shape index (κ1) is 22.6. The Morgan fingerprint density at radius 2 is 1.91 bits per heavy atom. The summed E-state index contributed by atoms with van der Waals surface area (Å²) in [4.78, 5) is 28.1.